The van der Waals surface area contributed by atoms with E-state index in [1.54, 1.807) is 18.3 Å². The smallest absolute Gasteiger partial charge is 0.406 e. The fourth-order valence-corrected chi connectivity index (χ4v) is 6.21. The molecule has 1 saturated heterocycles. The van der Waals surface area contributed by atoms with Crippen molar-refractivity contribution in [2.75, 3.05) is 38.0 Å². The fourth-order valence-electron chi connectivity index (χ4n) is 6.02. The van der Waals surface area contributed by atoms with E-state index < -0.39 is 6.36 Å². The second-order valence-corrected chi connectivity index (χ2v) is 12.1. The van der Waals surface area contributed by atoms with Gasteiger partial charge in [-0.05, 0) is 72.0 Å². The number of nitrogens with zero attached hydrogens (tertiary/aromatic N) is 4. The Hall–Kier alpha value is -4.05. The Bertz CT molecular complexity index is 1720. The molecule has 1 fully saturated rings. The molecule has 0 amide bonds. The maximum atomic E-state index is 12.8. The summed E-state index contributed by atoms with van der Waals surface area (Å²) in [6, 6.07) is 26.6. The number of hydrogen-bond acceptors (Lipinski definition) is 5. The van der Waals surface area contributed by atoms with Crippen LogP contribution in [0.25, 0.3) is 22.0 Å². The normalized spacial score (nSPS) is 14.5. The molecule has 2 aromatic heterocycles. The lowest BCUT2D eigenvalue weighted by molar-refractivity contribution is -0.274. The first-order valence-corrected chi connectivity index (χ1v) is 16.0. The average molecular weight is 648 g/mol. The van der Waals surface area contributed by atoms with Gasteiger partial charge in [-0.3, -0.25) is 9.80 Å². The van der Waals surface area contributed by atoms with E-state index in [-0.39, 0.29) is 5.75 Å². The number of aromatic nitrogens is 2. The van der Waals surface area contributed by atoms with Crippen LogP contribution in [-0.2, 0) is 19.6 Å². The molecule has 0 atom stereocenters. The highest BCUT2D eigenvalue weighted by Crippen LogP contribution is 2.34. The standard InChI is InChI=1S/C36H37ClF3N5O/c37-33-8-2-1-7-29(33)25-44-21-19-43(20-22-44)24-27-10-15-34-31(23-27)32(28-11-13-30(14-12-28)46-36(38,39)40)26-45(34)18-6-5-17-42-35-9-3-4-16-41-35/h1-4,7-16,23,26H,5-6,17-22,24-25H2,(H,41,42). The topological polar surface area (TPSA) is 45.6 Å². The van der Waals surface area contributed by atoms with Crippen molar-refractivity contribution >= 4 is 28.3 Å². The Morgan fingerprint density at radius 1 is 0.826 bits per heavy atom. The molecule has 3 aromatic carbocycles. The molecular formula is C36H37ClF3N5O. The van der Waals surface area contributed by atoms with Crippen LogP contribution in [0.4, 0.5) is 19.0 Å². The van der Waals surface area contributed by atoms with Crippen LogP contribution in [-0.4, -0.2) is 58.4 Å². The van der Waals surface area contributed by atoms with Crippen molar-refractivity contribution in [2.24, 2.45) is 0 Å². The van der Waals surface area contributed by atoms with Crippen molar-refractivity contribution in [3.8, 4) is 16.9 Å². The molecule has 0 radical (unpaired) electrons. The highest BCUT2D eigenvalue weighted by atomic mass is 35.5. The molecule has 6 rings (SSSR count). The molecule has 0 bridgehead atoms. The minimum Gasteiger partial charge on any atom is -0.406 e. The van der Waals surface area contributed by atoms with Gasteiger partial charge in [0, 0.05) is 86.2 Å². The number of nitrogens with one attached hydrogen (secondary N) is 1. The Labute approximate surface area is 272 Å². The first-order valence-electron chi connectivity index (χ1n) is 15.6. The second-order valence-electron chi connectivity index (χ2n) is 11.7. The fraction of sp³-hybridized carbons (Fsp3) is 0.306. The van der Waals surface area contributed by atoms with Gasteiger partial charge in [0.25, 0.3) is 0 Å². The summed E-state index contributed by atoms with van der Waals surface area (Å²) < 4.78 is 44.7. The lowest BCUT2D eigenvalue weighted by Crippen LogP contribution is -2.45. The summed E-state index contributed by atoms with van der Waals surface area (Å²) in [5.41, 5.74) is 5.31. The quantitative estimate of drug-likeness (QED) is 0.138. The molecule has 0 spiro atoms. The number of piperazine rings is 1. The van der Waals surface area contributed by atoms with E-state index in [1.165, 1.54) is 17.7 Å². The van der Waals surface area contributed by atoms with Crippen LogP contribution < -0.4 is 10.1 Å². The Balaban J connectivity index is 1.15. The lowest BCUT2D eigenvalue weighted by Gasteiger charge is -2.35. The number of aryl methyl sites for hydroxylation is 1. The highest BCUT2D eigenvalue weighted by molar-refractivity contribution is 6.31. The van der Waals surface area contributed by atoms with Crippen molar-refractivity contribution in [3.05, 3.63) is 113 Å². The largest absolute Gasteiger partial charge is 0.573 e. The number of unbranched alkanes of at least 4 members (excludes halogenated alkanes) is 1. The Morgan fingerprint density at radius 2 is 1.57 bits per heavy atom. The zero-order valence-electron chi connectivity index (χ0n) is 25.5. The van der Waals surface area contributed by atoms with Crippen molar-refractivity contribution in [1.29, 1.82) is 0 Å². The summed E-state index contributed by atoms with van der Waals surface area (Å²) in [5, 5.41) is 5.26. The highest BCUT2D eigenvalue weighted by Gasteiger charge is 2.31. The molecule has 240 valence electrons. The predicted octanol–water partition coefficient (Wildman–Crippen LogP) is 8.47. The third-order valence-electron chi connectivity index (χ3n) is 8.36. The van der Waals surface area contributed by atoms with Gasteiger partial charge in [0.15, 0.2) is 0 Å². The molecular weight excluding hydrogens is 611 g/mol. The van der Waals surface area contributed by atoms with Crippen molar-refractivity contribution in [2.45, 2.75) is 38.8 Å². The van der Waals surface area contributed by atoms with E-state index in [0.717, 1.165) is 104 Å². The number of benzene rings is 3. The summed E-state index contributed by atoms with van der Waals surface area (Å²) >= 11 is 6.39. The van der Waals surface area contributed by atoms with E-state index in [1.807, 2.05) is 36.4 Å². The van der Waals surface area contributed by atoms with E-state index >= 15 is 0 Å². The van der Waals surface area contributed by atoms with Gasteiger partial charge in [0.05, 0.1) is 0 Å². The van der Waals surface area contributed by atoms with Crippen LogP contribution in [0, 0.1) is 0 Å². The molecule has 46 heavy (non-hydrogen) atoms. The third-order valence-corrected chi connectivity index (χ3v) is 8.73. The van der Waals surface area contributed by atoms with Gasteiger partial charge < -0.3 is 14.6 Å². The zero-order chi connectivity index (χ0) is 31.9. The van der Waals surface area contributed by atoms with E-state index in [9.17, 15) is 13.2 Å². The summed E-state index contributed by atoms with van der Waals surface area (Å²) in [6.07, 6.45) is 1.09. The lowest BCUT2D eigenvalue weighted by atomic mass is 10.0. The number of hydrogen-bond donors (Lipinski definition) is 1. The van der Waals surface area contributed by atoms with Crippen LogP contribution in [0.1, 0.15) is 24.0 Å². The Kier molecular flexibility index (Phi) is 10.1. The number of pyridine rings is 1. The molecule has 1 aliphatic heterocycles. The van der Waals surface area contributed by atoms with Crippen molar-refractivity contribution < 1.29 is 17.9 Å². The van der Waals surface area contributed by atoms with E-state index in [4.69, 9.17) is 11.6 Å². The first kappa shape index (κ1) is 31.9. The SMILES string of the molecule is FC(F)(F)Oc1ccc(-c2cn(CCCCNc3ccccn3)c3ccc(CN4CCN(Cc5ccccc5Cl)CC4)cc23)cc1. The predicted molar refractivity (Wildman–Crippen MR) is 178 cm³/mol. The van der Waals surface area contributed by atoms with Gasteiger partial charge in [-0.25, -0.2) is 4.98 Å². The van der Waals surface area contributed by atoms with Crippen LogP contribution in [0.5, 0.6) is 5.75 Å². The van der Waals surface area contributed by atoms with Crippen LogP contribution in [0.2, 0.25) is 5.02 Å². The van der Waals surface area contributed by atoms with Crippen LogP contribution in [0.15, 0.2) is 97.3 Å². The minimum absolute atomic E-state index is 0.227. The van der Waals surface area contributed by atoms with Gasteiger partial charge in [-0.2, -0.15) is 0 Å². The van der Waals surface area contributed by atoms with Gasteiger partial charge in [0.1, 0.15) is 11.6 Å². The van der Waals surface area contributed by atoms with Crippen molar-refractivity contribution in [1.82, 2.24) is 19.4 Å². The molecule has 0 unspecified atom stereocenters. The minimum atomic E-state index is -4.72. The Morgan fingerprint density at radius 3 is 2.28 bits per heavy atom. The van der Waals surface area contributed by atoms with Crippen LogP contribution in [0.3, 0.4) is 0 Å². The maximum absolute atomic E-state index is 12.8. The number of fused-ring (bicyclic) bond motifs is 1. The molecule has 3 heterocycles. The molecule has 1 aliphatic rings. The number of halogens is 4. The molecule has 6 nitrogen and oxygen atoms in total. The maximum Gasteiger partial charge on any atom is 0.573 e. The zero-order valence-corrected chi connectivity index (χ0v) is 26.3. The molecule has 1 N–H and O–H groups in total. The summed E-state index contributed by atoms with van der Waals surface area (Å²) in [5.74, 6) is 0.637. The van der Waals surface area contributed by atoms with Gasteiger partial charge >= 0.3 is 6.36 Å². The number of alkyl halides is 3. The second kappa shape index (κ2) is 14.6. The molecule has 0 aliphatic carbocycles. The summed E-state index contributed by atoms with van der Waals surface area (Å²) in [4.78, 5) is 9.23. The summed E-state index contributed by atoms with van der Waals surface area (Å²) in [7, 11) is 0. The first-order chi connectivity index (χ1) is 22.3. The average Bonchev–Trinajstić information content (AvgIpc) is 3.40. The number of anilines is 1. The number of rotatable bonds is 12. The van der Waals surface area contributed by atoms with E-state index in [0.29, 0.717) is 0 Å². The van der Waals surface area contributed by atoms with Crippen LogP contribution >= 0.6 is 11.6 Å². The monoisotopic (exact) mass is 647 g/mol. The van der Waals surface area contributed by atoms with E-state index in [2.05, 4.69) is 59.9 Å². The van der Waals surface area contributed by atoms with Gasteiger partial charge in [0.2, 0.25) is 0 Å². The van der Waals surface area contributed by atoms with Gasteiger partial charge in [-0.1, -0.05) is 54.1 Å². The van der Waals surface area contributed by atoms with Crippen molar-refractivity contribution in [3.63, 3.8) is 0 Å². The van der Waals surface area contributed by atoms with Gasteiger partial charge in [-0.15, -0.1) is 13.2 Å². The molecule has 10 heteroatoms. The number of ether oxygens (including phenoxy) is 1. The summed E-state index contributed by atoms with van der Waals surface area (Å²) in [6.45, 7) is 7.18. The molecule has 0 saturated carbocycles. The third kappa shape index (κ3) is 8.40. The molecule has 5 aromatic rings.